The van der Waals surface area contributed by atoms with E-state index in [-0.39, 0.29) is 24.8 Å². The normalized spacial score (nSPS) is 10.7. The van der Waals surface area contributed by atoms with E-state index in [9.17, 15) is 14.0 Å². The van der Waals surface area contributed by atoms with Crippen LogP contribution in [0.25, 0.3) is 0 Å². The number of amides is 2. The highest BCUT2D eigenvalue weighted by Crippen LogP contribution is 2.07. The standard InChI is InChI=1S/C16H24FN3O2/c1-3-4-8-20(11-15(18)21)12-16(22)19(2)10-13-6-5-7-14(17)9-13/h5-7,9H,3-4,8,10-12H2,1-2H3,(H2,18,21). The minimum absolute atomic E-state index is 0.0690. The molecule has 0 heterocycles. The zero-order valence-corrected chi connectivity index (χ0v) is 13.2. The summed E-state index contributed by atoms with van der Waals surface area (Å²) in [7, 11) is 1.66. The lowest BCUT2D eigenvalue weighted by Gasteiger charge is -2.24. The number of nitrogens with zero attached hydrogens (tertiary/aromatic N) is 2. The Morgan fingerprint density at radius 1 is 1.27 bits per heavy atom. The summed E-state index contributed by atoms with van der Waals surface area (Å²) in [6.45, 7) is 3.22. The number of unbranched alkanes of at least 4 members (excludes halogenated alkanes) is 1. The van der Waals surface area contributed by atoms with Crippen molar-refractivity contribution < 1.29 is 14.0 Å². The van der Waals surface area contributed by atoms with E-state index in [0.717, 1.165) is 18.4 Å². The molecule has 0 radical (unpaired) electrons. The number of hydrogen-bond donors (Lipinski definition) is 1. The molecule has 122 valence electrons. The van der Waals surface area contributed by atoms with Crippen molar-refractivity contribution in [3.8, 4) is 0 Å². The molecule has 1 rings (SSSR count). The zero-order valence-electron chi connectivity index (χ0n) is 13.2. The molecule has 0 aliphatic carbocycles. The Bertz CT molecular complexity index is 508. The van der Waals surface area contributed by atoms with Crippen molar-refractivity contribution in [2.45, 2.75) is 26.3 Å². The fourth-order valence-corrected chi connectivity index (χ4v) is 2.13. The van der Waals surface area contributed by atoms with Crippen molar-refractivity contribution in [3.63, 3.8) is 0 Å². The number of hydrogen-bond acceptors (Lipinski definition) is 3. The Balaban J connectivity index is 2.57. The summed E-state index contributed by atoms with van der Waals surface area (Å²) in [6.07, 6.45) is 1.87. The van der Waals surface area contributed by atoms with Gasteiger partial charge in [0.1, 0.15) is 5.82 Å². The summed E-state index contributed by atoms with van der Waals surface area (Å²) < 4.78 is 13.1. The van der Waals surface area contributed by atoms with Crippen LogP contribution in [-0.2, 0) is 16.1 Å². The Hall–Kier alpha value is -1.95. The van der Waals surface area contributed by atoms with Gasteiger partial charge in [0.15, 0.2) is 0 Å². The van der Waals surface area contributed by atoms with Crippen LogP contribution in [0.1, 0.15) is 25.3 Å². The van der Waals surface area contributed by atoms with Gasteiger partial charge in [0, 0.05) is 13.6 Å². The topological polar surface area (TPSA) is 66.6 Å². The van der Waals surface area contributed by atoms with Crippen LogP contribution in [0.3, 0.4) is 0 Å². The molecule has 0 atom stereocenters. The highest BCUT2D eigenvalue weighted by molar-refractivity contribution is 5.80. The molecule has 0 aliphatic heterocycles. The Kier molecular flexibility index (Phi) is 7.52. The number of rotatable bonds is 9. The van der Waals surface area contributed by atoms with Crippen LogP contribution in [0, 0.1) is 5.82 Å². The molecule has 0 aliphatic rings. The van der Waals surface area contributed by atoms with E-state index in [1.807, 2.05) is 6.92 Å². The van der Waals surface area contributed by atoms with Crippen molar-refractivity contribution in [2.75, 3.05) is 26.7 Å². The Labute approximate surface area is 130 Å². The van der Waals surface area contributed by atoms with Crippen LogP contribution < -0.4 is 5.73 Å². The lowest BCUT2D eigenvalue weighted by atomic mass is 10.2. The second-order valence-corrected chi connectivity index (χ2v) is 5.41. The van der Waals surface area contributed by atoms with Crippen LogP contribution >= 0.6 is 0 Å². The maximum Gasteiger partial charge on any atom is 0.236 e. The molecule has 0 bridgehead atoms. The first kappa shape index (κ1) is 18.1. The van der Waals surface area contributed by atoms with E-state index in [2.05, 4.69) is 0 Å². The number of halogens is 1. The third-order valence-electron chi connectivity index (χ3n) is 3.30. The van der Waals surface area contributed by atoms with Crippen LogP contribution in [0.5, 0.6) is 0 Å². The molecule has 6 heteroatoms. The van der Waals surface area contributed by atoms with Crippen molar-refractivity contribution in [1.29, 1.82) is 0 Å². The van der Waals surface area contributed by atoms with Gasteiger partial charge >= 0.3 is 0 Å². The van der Waals surface area contributed by atoms with Crippen molar-refractivity contribution in [3.05, 3.63) is 35.6 Å². The average molecular weight is 309 g/mol. The molecule has 5 nitrogen and oxygen atoms in total. The average Bonchev–Trinajstić information content (AvgIpc) is 2.44. The van der Waals surface area contributed by atoms with E-state index in [1.54, 1.807) is 24.1 Å². The molecular formula is C16H24FN3O2. The predicted octanol–water partition coefficient (Wildman–Crippen LogP) is 1.37. The van der Waals surface area contributed by atoms with Gasteiger partial charge < -0.3 is 10.6 Å². The quantitative estimate of drug-likeness (QED) is 0.749. The molecule has 0 saturated carbocycles. The van der Waals surface area contributed by atoms with Gasteiger partial charge in [0.2, 0.25) is 11.8 Å². The van der Waals surface area contributed by atoms with Crippen molar-refractivity contribution in [2.24, 2.45) is 5.73 Å². The summed E-state index contributed by atoms with van der Waals surface area (Å²) in [5, 5.41) is 0. The van der Waals surface area contributed by atoms with Crippen LogP contribution in [0.4, 0.5) is 4.39 Å². The number of carbonyl (C=O) groups excluding carboxylic acids is 2. The number of primary amides is 1. The molecule has 2 N–H and O–H groups in total. The first-order valence-corrected chi connectivity index (χ1v) is 7.41. The molecule has 0 unspecified atom stereocenters. The summed E-state index contributed by atoms with van der Waals surface area (Å²) in [4.78, 5) is 26.6. The van der Waals surface area contributed by atoms with Gasteiger partial charge in [-0.05, 0) is 30.7 Å². The minimum atomic E-state index is -0.448. The molecule has 1 aromatic rings. The molecule has 1 aromatic carbocycles. The zero-order chi connectivity index (χ0) is 16.5. The highest BCUT2D eigenvalue weighted by Gasteiger charge is 2.16. The van der Waals surface area contributed by atoms with Crippen LogP contribution in [-0.4, -0.2) is 48.3 Å². The van der Waals surface area contributed by atoms with Gasteiger partial charge in [0.05, 0.1) is 13.1 Å². The van der Waals surface area contributed by atoms with E-state index in [4.69, 9.17) is 5.73 Å². The van der Waals surface area contributed by atoms with Gasteiger partial charge in [-0.1, -0.05) is 25.5 Å². The minimum Gasteiger partial charge on any atom is -0.369 e. The molecule has 0 spiro atoms. The second-order valence-electron chi connectivity index (χ2n) is 5.41. The third kappa shape index (κ3) is 6.67. The molecule has 0 fully saturated rings. The van der Waals surface area contributed by atoms with Gasteiger partial charge in [-0.3, -0.25) is 14.5 Å². The maximum atomic E-state index is 13.1. The van der Waals surface area contributed by atoms with Gasteiger partial charge in [-0.15, -0.1) is 0 Å². The first-order valence-electron chi connectivity index (χ1n) is 7.41. The van der Waals surface area contributed by atoms with Crippen molar-refractivity contribution in [1.82, 2.24) is 9.80 Å². The fourth-order valence-electron chi connectivity index (χ4n) is 2.13. The predicted molar refractivity (Wildman–Crippen MR) is 83.4 cm³/mol. The Morgan fingerprint density at radius 3 is 2.59 bits per heavy atom. The van der Waals surface area contributed by atoms with E-state index < -0.39 is 5.91 Å². The van der Waals surface area contributed by atoms with Crippen LogP contribution in [0.15, 0.2) is 24.3 Å². The summed E-state index contributed by atoms with van der Waals surface area (Å²) >= 11 is 0. The molecule has 2 amide bonds. The number of carbonyl (C=O) groups is 2. The monoisotopic (exact) mass is 309 g/mol. The van der Waals surface area contributed by atoms with E-state index in [0.29, 0.717) is 13.1 Å². The number of likely N-dealkylation sites (N-methyl/N-ethyl adjacent to an activating group) is 1. The van der Waals surface area contributed by atoms with E-state index in [1.165, 1.54) is 17.0 Å². The fraction of sp³-hybridized carbons (Fsp3) is 0.500. The molecule has 0 saturated heterocycles. The van der Waals surface area contributed by atoms with Gasteiger partial charge in [-0.25, -0.2) is 4.39 Å². The summed E-state index contributed by atoms with van der Waals surface area (Å²) in [6, 6.07) is 6.15. The smallest absolute Gasteiger partial charge is 0.236 e. The largest absolute Gasteiger partial charge is 0.369 e. The van der Waals surface area contributed by atoms with Crippen molar-refractivity contribution >= 4 is 11.8 Å². The van der Waals surface area contributed by atoms with Gasteiger partial charge in [0.25, 0.3) is 0 Å². The number of benzene rings is 1. The molecular weight excluding hydrogens is 285 g/mol. The van der Waals surface area contributed by atoms with Crippen LogP contribution in [0.2, 0.25) is 0 Å². The SMILES string of the molecule is CCCCN(CC(N)=O)CC(=O)N(C)Cc1cccc(F)c1. The first-order chi connectivity index (χ1) is 10.4. The summed E-state index contributed by atoms with van der Waals surface area (Å²) in [5.74, 6) is -0.894. The lowest BCUT2D eigenvalue weighted by Crippen LogP contribution is -2.42. The van der Waals surface area contributed by atoms with Gasteiger partial charge in [-0.2, -0.15) is 0 Å². The lowest BCUT2D eigenvalue weighted by molar-refractivity contribution is -0.132. The number of nitrogens with two attached hydrogens (primary N) is 1. The Morgan fingerprint density at radius 2 is 2.00 bits per heavy atom. The molecule has 0 aromatic heterocycles. The third-order valence-corrected chi connectivity index (χ3v) is 3.30. The summed E-state index contributed by atoms with van der Waals surface area (Å²) in [5.41, 5.74) is 5.94. The second kappa shape index (κ2) is 9.15. The van der Waals surface area contributed by atoms with E-state index >= 15 is 0 Å². The molecule has 22 heavy (non-hydrogen) atoms. The highest BCUT2D eigenvalue weighted by atomic mass is 19.1. The maximum absolute atomic E-state index is 13.1.